The largest absolute Gasteiger partial charge is 0.379 e. The fraction of sp³-hybridized carbons (Fsp3) is 0.600. The van der Waals surface area contributed by atoms with E-state index in [9.17, 15) is 0 Å². The minimum atomic E-state index is 0.0943. The van der Waals surface area contributed by atoms with Crippen LogP contribution in [0.2, 0.25) is 0 Å². The summed E-state index contributed by atoms with van der Waals surface area (Å²) in [5.41, 5.74) is 2.87. The molecule has 2 unspecified atom stereocenters. The highest BCUT2D eigenvalue weighted by Gasteiger charge is 2.38. The van der Waals surface area contributed by atoms with Gasteiger partial charge in [-0.3, -0.25) is 5.84 Å². The van der Waals surface area contributed by atoms with Crippen molar-refractivity contribution in [2.75, 3.05) is 7.11 Å². The number of rotatable bonds is 5. The summed E-state index contributed by atoms with van der Waals surface area (Å²) >= 11 is 5.24. The van der Waals surface area contributed by atoms with Crippen molar-refractivity contribution in [2.24, 2.45) is 11.8 Å². The van der Waals surface area contributed by atoms with E-state index in [1.807, 2.05) is 6.07 Å². The predicted molar refractivity (Wildman–Crippen MR) is 65.6 cm³/mol. The molecule has 0 bridgehead atoms. The highest BCUT2D eigenvalue weighted by Crippen LogP contribution is 2.42. The first kappa shape index (κ1) is 11.5. The molecule has 1 fully saturated rings. The summed E-state index contributed by atoms with van der Waals surface area (Å²) in [6.45, 7) is 0. The average Bonchev–Trinajstić information content (AvgIpc) is 2.99. The van der Waals surface area contributed by atoms with Crippen LogP contribution in [0.1, 0.15) is 23.8 Å². The summed E-state index contributed by atoms with van der Waals surface area (Å²) < 4.78 is 6.66. The Balaban J connectivity index is 2.18. The molecule has 0 amide bonds. The van der Waals surface area contributed by atoms with Crippen LogP contribution in [0.15, 0.2) is 15.9 Å². The van der Waals surface area contributed by atoms with Gasteiger partial charge in [0.1, 0.15) is 0 Å². The van der Waals surface area contributed by atoms with Crippen molar-refractivity contribution in [1.29, 1.82) is 0 Å². The van der Waals surface area contributed by atoms with E-state index in [-0.39, 0.29) is 12.1 Å². The fourth-order valence-electron chi connectivity index (χ4n) is 1.87. The summed E-state index contributed by atoms with van der Waals surface area (Å²) in [6, 6.07) is 2.14. The van der Waals surface area contributed by atoms with Gasteiger partial charge < -0.3 is 4.74 Å². The molecule has 0 saturated heterocycles. The minimum Gasteiger partial charge on any atom is -0.379 e. The van der Waals surface area contributed by atoms with Crippen LogP contribution in [-0.2, 0) is 4.74 Å². The van der Waals surface area contributed by atoms with Gasteiger partial charge in [-0.05, 0) is 46.1 Å². The zero-order valence-electron chi connectivity index (χ0n) is 8.57. The van der Waals surface area contributed by atoms with Gasteiger partial charge in [0.25, 0.3) is 0 Å². The number of halogens is 1. The lowest BCUT2D eigenvalue weighted by atomic mass is 10.1. The third-order valence-electron chi connectivity index (χ3n) is 2.79. The number of ether oxygens (including phenoxy) is 1. The zero-order chi connectivity index (χ0) is 10.8. The molecule has 0 radical (unpaired) electrons. The lowest BCUT2D eigenvalue weighted by Crippen LogP contribution is -2.38. The van der Waals surface area contributed by atoms with E-state index in [4.69, 9.17) is 10.6 Å². The number of methoxy groups -OCH3 is 1. The third-order valence-corrected chi connectivity index (χ3v) is 4.75. The highest BCUT2D eigenvalue weighted by molar-refractivity contribution is 9.10. The van der Waals surface area contributed by atoms with Crippen molar-refractivity contribution in [3.05, 3.63) is 20.8 Å². The summed E-state index contributed by atoms with van der Waals surface area (Å²) in [6.07, 6.45) is 2.68. The first-order chi connectivity index (χ1) is 7.27. The first-order valence-corrected chi connectivity index (χ1v) is 6.67. The maximum atomic E-state index is 5.63. The SMILES string of the molecule is COC(C1CC1)C(NN)c1sccc1Br. The summed E-state index contributed by atoms with van der Waals surface area (Å²) in [5.74, 6) is 6.29. The Labute approximate surface area is 102 Å². The van der Waals surface area contributed by atoms with Crippen LogP contribution in [-0.4, -0.2) is 13.2 Å². The molecule has 0 aromatic carbocycles. The molecule has 0 spiro atoms. The summed E-state index contributed by atoms with van der Waals surface area (Å²) in [4.78, 5) is 1.22. The molecule has 3 N–H and O–H groups in total. The molecular formula is C10H15BrN2OS. The van der Waals surface area contributed by atoms with E-state index in [0.29, 0.717) is 5.92 Å². The number of hydrogen-bond acceptors (Lipinski definition) is 4. The molecule has 1 aliphatic rings. The van der Waals surface area contributed by atoms with Gasteiger partial charge in [-0.15, -0.1) is 11.3 Å². The van der Waals surface area contributed by atoms with Crippen molar-refractivity contribution < 1.29 is 4.74 Å². The van der Waals surface area contributed by atoms with E-state index in [1.54, 1.807) is 18.4 Å². The minimum absolute atomic E-state index is 0.0943. The van der Waals surface area contributed by atoms with E-state index < -0.39 is 0 Å². The first-order valence-electron chi connectivity index (χ1n) is 4.99. The fourth-order valence-corrected chi connectivity index (χ4v) is 3.59. The molecule has 2 atom stereocenters. The molecule has 0 aliphatic heterocycles. The quantitative estimate of drug-likeness (QED) is 0.647. The van der Waals surface area contributed by atoms with Crippen molar-refractivity contribution >= 4 is 27.3 Å². The molecule has 1 aliphatic carbocycles. The van der Waals surface area contributed by atoms with Crippen LogP contribution in [0.25, 0.3) is 0 Å². The van der Waals surface area contributed by atoms with Gasteiger partial charge in [-0.2, -0.15) is 0 Å². The number of hydrogen-bond donors (Lipinski definition) is 2. The zero-order valence-corrected chi connectivity index (χ0v) is 11.0. The van der Waals surface area contributed by atoms with Crippen LogP contribution < -0.4 is 11.3 Å². The van der Waals surface area contributed by atoms with E-state index in [0.717, 1.165) is 4.47 Å². The molecule has 5 heteroatoms. The van der Waals surface area contributed by atoms with Gasteiger partial charge in [0.05, 0.1) is 12.1 Å². The van der Waals surface area contributed by atoms with Crippen LogP contribution in [0.4, 0.5) is 0 Å². The van der Waals surface area contributed by atoms with Gasteiger partial charge in [-0.25, -0.2) is 5.43 Å². The summed E-state index contributed by atoms with van der Waals surface area (Å²) in [5, 5.41) is 2.06. The molecule has 1 aromatic heterocycles. The molecule has 1 aromatic rings. The van der Waals surface area contributed by atoms with Crippen LogP contribution in [0.5, 0.6) is 0 Å². The third kappa shape index (κ3) is 2.42. The molecule has 2 rings (SSSR count). The van der Waals surface area contributed by atoms with Crippen LogP contribution in [0, 0.1) is 5.92 Å². The Morgan fingerprint density at radius 2 is 2.40 bits per heavy atom. The number of hydrazine groups is 1. The molecule has 84 valence electrons. The number of thiophene rings is 1. The predicted octanol–water partition coefficient (Wildman–Crippen LogP) is 2.44. The molecule has 3 nitrogen and oxygen atoms in total. The van der Waals surface area contributed by atoms with Gasteiger partial charge in [0.15, 0.2) is 0 Å². The lowest BCUT2D eigenvalue weighted by Gasteiger charge is -2.24. The average molecular weight is 291 g/mol. The summed E-state index contributed by atoms with van der Waals surface area (Å²) in [7, 11) is 1.76. The molecule has 15 heavy (non-hydrogen) atoms. The standard InChI is InChI=1S/C10H15BrN2OS/c1-14-9(6-2-3-6)8(13-12)10-7(11)4-5-15-10/h4-6,8-9,13H,2-3,12H2,1H3. The van der Waals surface area contributed by atoms with E-state index in [1.165, 1.54) is 17.7 Å². The molecule has 1 saturated carbocycles. The number of nitrogens with one attached hydrogen (secondary N) is 1. The Kier molecular flexibility index (Phi) is 3.79. The normalized spacial score (nSPS) is 20.2. The van der Waals surface area contributed by atoms with Gasteiger partial charge in [0, 0.05) is 16.5 Å². The van der Waals surface area contributed by atoms with Crippen molar-refractivity contribution in [3.8, 4) is 0 Å². The van der Waals surface area contributed by atoms with E-state index >= 15 is 0 Å². The van der Waals surface area contributed by atoms with Crippen molar-refractivity contribution in [2.45, 2.75) is 25.0 Å². The van der Waals surface area contributed by atoms with E-state index in [2.05, 4.69) is 26.7 Å². The van der Waals surface area contributed by atoms with Gasteiger partial charge in [-0.1, -0.05) is 0 Å². The smallest absolute Gasteiger partial charge is 0.0828 e. The Bertz CT molecular complexity index is 327. The van der Waals surface area contributed by atoms with Crippen molar-refractivity contribution in [1.82, 2.24) is 5.43 Å². The topological polar surface area (TPSA) is 47.3 Å². The second-order valence-corrected chi connectivity index (χ2v) is 5.62. The van der Waals surface area contributed by atoms with Gasteiger partial charge in [0.2, 0.25) is 0 Å². The Morgan fingerprint density at radius 1 is 1.67 bits per heavy atom. The van der Waals surface area contributed by atoms with Crippen LogP contribution in [0.3, 0.4) is 0 Å². The Hall–Kier alpha value is 0.0600. The molecule has 1 heterocycles. The second-order valence-electron chi connectivity index (χ2n) is 3.81. The van der Waals surface area contributed by atoms with Crippen molar-refractivity contribution in [3.63, 3.8) is 0 Å². The maximum absolute atomic E-state index is 5.63. The monoisotopic (exact) mass is 290 g/mol. The number of nitrogens with two attached hydrogens (primary N) is 1. The van der Waals surface area contributed by atoms with Crippen LogP contribution >= 0.6 is 27.3 Å². The highest BCUT2D eigenvalue weighted by atomic mass is 79.9. The lowest BCUT2D eigenvalue weighted by molar-refractivity contribution is 0.0515. The van der Waals surface area contributed by atoms with Gasteiger partial charge >= 0.3 is 0 Å². The maximum Gasteiger partial charge on any atom is 0.0828 e. The Morgan fingerprint density at radius 3 is 2.80 bits per heavy atom. The second kappa shape index (κ2) is 4.93. The molecular weight excluding hydrogens is 276 g/mol.